The van der Waals surface area contributed by atoms with Gasteiger partial charge in [-0.2, -0.15) is 5.26 Å². The van der Waals surface area contributed by atoms with Crippen molar-refractivity contribution < 1.29 is 14.6 Å². The Labute approximate surface area is 178 Å². The van der Waals surface area contributed by atoms with Crippen LogP contribution in [0.4, 0.5) is 0 Å². The largest absolute Gasteiger partial charge is 0.463 e. The third kappa shape index (κ3) is 3.73. The van der Waals surface area contributed by atoms with Crippen LogP contribution in [0.2, 0.25) is 0 Å². The van der Waals surface area contributed by atoms with E-state index in [0.29, 0.717) is 18.5 Å². The smallest absolute Gasteiger partial charge is 0.306 e. The van der Waals surface area contributed by atoms with Crippen LogP contribution in [0.15, 0.2) is 18.2 Å². The molecule has 1 aromatic heterocycles. The van der Waals surface area contributed by atoms with Crippen LogP contribution in [0.5, 0.6) is 0 Å². The Morgan fingerprint density at radius 2 is 2.17 bits per heavy atom. The Morgan fingerprint density at radius 1 is 1.40 bits per heavy atom. The summed E-state index contributed by atoms with van der Waals surface area (Å²) in [6.07, 6.45) is 2.70. The van der Waals surface area contributed by atoms with Crippen LogP contribution in [0, 0.1) is 17.2 Å². The molecule has 4 rings (SSSR count). The lowest BCUT2D eigenvalue weighted by atomic mass is 9.96. The van der Waals surface area contributed by atoms with E-state index >= 15 is 0 Å². The van der Waals surface area contributed by atoms with Crippen molar-refractivity contribution in [1.82, 2.24) is 9.47 Å². The lowest BCUT2D eigenvalue weighted by Crippen LogP contribution is -2.44. The Morgan fingerprint density at radius 3 is 2.80 bits per heavy atom. The van der Waals surface area contributed by atoms with E-state index in [1.165, 1.54) is 11.3 Å². The normalized spacial score (nSPS) is 26.3. The maximum Gasteiger partial charge on any atom is 0.306 e. The van der Waals surface area contributed by atoms with Crippen LogP contribution in [-0.4, -0.2) is 51.9 Å². The second kappa shape index (κ2) is 7.72. The quantitative estimate of drug-likeness (QED) is 0.768. The molecule has 30 heavy (non-hydrogen) atoms. The zero-order valence-corrected chi connectivity index (χ0v) is 18.3. The molecule has 1 aromatic carbocycles. The molecule has 160 valence electrons. The predicted octanol–water partition coefficient (Wildman–Crippen LogP) is 3.02. The van der Waals surface area contributed by atoms with Crippen molar-refractivity contribution in [3.8, 4) is 6.07 Å². The number of aliphatic hydroxyl groups is 1. The van der Waals surface area contributed by atoms with E-state index in [4.69, 9.17) is 4.74 Å². The van der Waals surface area contributed by atoms with Gasteiger partial charge in [0.25, 0.3) is 0 Å². The first-order valence-corrected chi connectivity index (χ1v) is 10.9. The molecular weight excluding hydrogens is 378 g/mol. The van der Waals surface area contributed by atoms with Crippen molar-refractivity contribution in [3.05, 3.63) is 35.0 Å². The maximum atomic E-state index is 12.2. The first-order valence-electron chi connectivity index (χ1n) is 10.9. The Balaban J connectivity index is 1.69. The zero-order chi connectivity index (χ0) is 21.6. The van der Waals surface area contributed by atoms with Gasteiger partial charge in [-0.15, -0.1) is 0 Å². The molecule has 0 spiro atoms. The summed E-state index contributed by atoms with van der Waals surface area (Å²) in [4.78, 5) is 14.5. The number of nitriles is 1. The van der Waals surface area contributed by atoms with Gasteiger partial charge >= 0.3 is 5.97 Å². The number of ether oxygens (including phenoxy) is 1. The monoisotopic (exact) mass is 409 g/mol. The third-order valence-electron chi connectivity index (χ3n) is 6.79. The summed E-state index contributed by atoms with van der Waals surface area (Å²) in [5.41, 5.74) is 3.50. The van der Waals surface area contributed by atoms with Gasteiger partial charge in [0, 0.05) is 36.1 Å². The molecule has 0 bridgehead atoms. The van der Waals surface area contributed by atoms with Gasteiger partial charge in [-0.3, -0.25) is 9.69 Å². The fourth-order valence-electron chi connectivity index (χ4n) is 5.25. The van der Waals surface area contributed by atoms with E-state index in [1.54, 1.807) is 0 Å². The predicted molar refractivity (Wildman–Crippen MR) is 115 cm³/mol. The molecule has 2 unspecified atom stereocenters. The number of esters is 1. The van der Waals surface area contributed by atoms with Crippen molar-refractivity contribution in [1.29, 1.82) is 5.26 Å². The van der Waals surface area contributed by atoms with E-state index in [0.717, 1.165) is 36.7 Å². The number of aromatic nitrogens is 1. The average Bonchev–Trinajstić information content (AvgIpc) is 3.27. The summed E-state index contributed by atoms with van der Waals surface area (Å²) < 4.78 is 7.68. The van der Waals surface area contributed by atoms with Crippen molar-refractivity contribution in [2.75, 3.05) is 13.6 Å². The SMILES string of the molecule is CC(C)OC(=O)C[C@H]1Cc2c(n(CC3N(C)CCC3(C)O)c3ccc(C#N)cc23)C1. The lowest BCUT2D eigenvalue weighted by Gasteiger charge is -2.30. The van der Waals surface area contributed by atoms with Crippen molar-refractivity contribution in [3.63, 3.8) is 0 Å². The molecule has 2 aliphatic rings. The molecule has 1 aliphatic heterocycles. The van der Waals surface area contributed by atoms with Gasteiger partial charge in [0.15, 0.2) is 0 Å². The number of rotatable bonds is 5. The van der Waals surface area contributed by atoms with E-state index in [2.05, 4.69) is 22.6 Å². The fourth-order valence-corrected chi connectivity index (χ4v) is 5.25. The van der Waals surface area contributed by atoms with Crippen LogP contribution in [-0.2, 0) is 28.9 Å². The Bertz CT molecular complexity index is 1010. The van der Waals surface area contributed by atoms with Crippen molar-refractivity contribution in [2.45, 2.75) is 70.7 Å². The lowest BCUT2D eigenvalue weighted by molar-refractivity contribution is -0.148. The highest BCUT2D eigenvalue weighted by molar-refractivity contribution is 5.87. The number of benzene rings is 1. The number of hydrogen-bond donors (Lipinski definition) is 1. The summed E-state index contributed by atoms with van der Waals surface area (Å²) in [6.45, 7) is 7.24. The highest BCUT2D eigenvalue weighted by Gasteiger charge is 2.42. The van der Waals surface area contributed by atoms with E-state index in [1.807, 2.05) is 39.0 Å². The van der Waals surface area contributed by atoms with Gasteiger partial charge in [0.2, 0.25) is 0 Å². The molecule has 6 nitrogen and oxygen atoms in total. The first kappa shape index (κ1) is 20.9. The highest BCUT2D eigenvalue weighted by Crippen LogP contribution is 2.39. The van der Waals surface area contributed by atoms with Gasteiger partial charge in [-0.05, 0) is 76.8 Å². The minimum atomic E-state index is -0.732. The maximum absolute atomic E-state index is 12.2. The van der Waals surface area contributed by atoms with Crippen LogP contribution in [0.1, 0.15) is 50.4 Å². The number of likely N-dealkylation sites (N-methyl/N-ethyl adjacent to an activating group) is 1. The fraction of sp³-hybridized carbons (Fsp3) is 0.583. The molecule has 6 heteroatoms. The minimum absolute atomic E-state index is 0.0257. The number of likely N-dealkylation sites (tertiary alicyclic amines) is 1. The van der Waals surface area contributed by atoms with E-state index in [9.17, 15) is 15.2 Å². The second-order valence-corrected chi connectivity index (χ2v) is 9.50. The number of nitrogens with zero attached hydrogens (tertiary/aromatic N) is 3. The van der Waals surface area contributed by atoms with Gasteiger partial charge in [0.05, 0.1) is 29.4 Å². The van der Waals surface area contributed by atoms with E-state index in [-0.39, 0.29) is 24.0 Å². The topological polar surface area (TPSA) is 78.5 Å². The van der Waals surface area contributed by atoms with Crippen LogP contribution < -0.4 is 0 Å². The number of hydrogen-bond acceptors (Lipinski definition) is 5. The number of carbonyl (C=O) groups excluding carboxylic acids is 1. The molecule has 0 amide bonds. The van der Waals surface area contributed by atoms with Crippen molar-refractivity contribution in [2.24, 2.45) is 5.92 Å². The minimum Gasteiger partial charge on any atom is -0.463 e. The van der Waals surface area contributed by atoms with Crippen LogP contribution in [0.25, 0.3) is 10.9 Å². The molecular formula is C24H31N3O3. The number of fused-ring (bicyclic) bond motifs is 3. The van der Waals surface area contributed by atoms with Gasteiger partial charge < -0.3 is 14.4 Å². The zero-order valence-electron chi connectivity index (χ0n) is 18.3. The molecule has 1 aliphatic carbocycles. The third-order valence-corrected chi connectivity index (χ3v) is 6.79. The molecule has 2 aromatic rings. The molecule has 1 N–H and O–H groups in total. The second-order valence-electron chi connectivity index (χ2n) is 9.50. The van der Waals surface area contributed by atoms with Gasteiger partial charge in [-0.25, -0.2) is 0 Å². The summed E-state index contributed by atoms with van der Waals surface area (Å²) in [7, 11) is 2.07. The van der Waals surface area contributed by atoms with Crippen LogP contribution >= 0.6 is 0 Å². The molecule has 1 saturated heterocycles. The summed E-state index contributed by atoms with van der Waals surface area (Å²) >= 11 is 0. The molecule has 0 saturated carbocycles. The molecule has 0 radical (unpaired) electrons. The Hall–Kier alpha value is -2.36. The van der Waals surface area contributed by atoms with Crippen LogP contribution in [0.3, 0.4) is 0 Å². The van der Waals surface area contributed by atoms with Crippen molar-refractivity contribution >= 4 is 16.9 Å². The first-order chi connectivity index (χ1) is 14.2. The number of carbonyl (C=O) groups is 1. The molecule has 1 fully saturated rings. The summed E-state index contributed by atoms with van der Waals surface area (Å²) in [5, 5.41) is 21.4. The standard InChI is InChI=1S/C24H31N3O3/c1-15(2)30-23(28)12-17-10-19-18-9-16(13-25)5-6-20(18)27(21(19)11-17)14-22-24(3,29)7-8-26(22)4/h5-6,9,15,17,22,29H,7-8,10-12,14H2,1-4H3/t17-,22?,24?/m0/s1. The summed E-state index contributed by atoms with van der Waals surface area (Å²) in [5.74, 6) is 0.0663. The highest BCUT2D eigenvalue weighted by atomic mass is 16.5. The summed E-state index contributed by atoms with van der Waals surface area (Å²) in [6, 6.07) is 8.13. The van der Waals surface area contributed by atoms with Gasteiger partial charge in [-0.1, -0.05) is 0 Å². The molecule has 3 atom stereocenters. The Kier molecular flexibility index (Phi) is 5.37. The average molecular weight is 410 g/mol. The van der Waals surface area contributed by atoms with Gasteiger partial charge in [0.1, 0.15) is 0 Å². The molecule has 2 heterocycles. The van der Waals surface area contributed by atoms with E-state index < -0.39 is 5.60 Å².